The van der Waals surface area contributed by atoms with E-state index < -0.39 is 0 Å². The predicted molar refractivity (Wildman–Crippen MR) is 88.4 cm³/mol. The van der Waals surface area contributed by atoms with Crippen LogP contribution in [0.4, 0.5) is 0 Å². The maximum absolute atomic E-state index is 6.76. The topological polar surface area (TPSA) is 12.5 Å². The smallest absolute Gasteiger partial charge is 0.0707 e. The van der Waals surface area contributed by atoms with Gasteiger partial charge < -0.3 is 9.64 Å². The Balaban J connectivity index is 1.87. The van der Waals surface area contributed by atoms with Crippen LogP contribution < -0.4 is 0 Å². The summed E-state index contributed by atoms with van der Waals surface area (Å²) >= 11 is 0. The second kappa shape index (κ2) is 6.04. The molecule has 0 amide bonds. The fourth-order valence-electron chi connectivity index (χ4n) is 5.24. The molecule has 1 saturated heterocycles. The normalized spacial score (nSPS) is 36.9. The Morgan fingerprint density at radius 1 is 1.10 bits per heavy atom. The van der Waals surface area contributed by atoms with E-state index in [0.717, 1.165) is 12.5 Å². The van der Waals surface area contributed by atoms with Gasteiger partial charge in [-0.3, -0.25) is 0 Å². The van der Waals surface area contributed by atoms with Gasteiger partial charge in [0.1, 0.15) is 0 Å². The van der Waals surface area contributed by atoms with E-state index in [9.17, 15) is 0 Å². The molecule has 3 aliphatic rings. The van der Waals surface area contributed by atoms with Gasteiger partial charge >= 0.3 is 0 Å². The molecule has 1 heterocycles. The molecule has 21 heavy (non-hydrogen) atoms. The highest BCUT2D eigenvalue weighted by Gasteiger charge is 2.48. The van der Waals surface area contributed by atoms with Gasteiger partial charge in [0.2, 0.25) is 0 Å². The van der Waals surface area contributed by atoms with Crippen molar-refractivity contribution in [3.63, 3.8) is 0 Å². The van der Waals surface area contributed by atoms with E-state index in [4.69, 9.17) is 4.74 Å². The molecule has 4 atom stereocenters. The second-order valence-corrected chi connectivity index (χ2v) is 8.45. The Bertz CT molecular complexity index is 398. The van der Waals surface area contributed by atoms with Gasteiger partial charge in [0.25, 0.3) is 0 Å². The summed E-state index contributed by atoms with van der Waals surface area (Å²) in [6.45, 7) is 5.93. The lowest BCUT2D eigenvalue weighted by Gasteiger charge is -2.52. The van der Waals surface area contributed by atoms with Crippen molar-refractivity contribution in [2.45, 2.75) is 71.0 Å². The third kappa shape index (κ3) is 3.07. The molecule has 120 valence electrons. The Kier molecular flexibility index (Phi) is 4.47. The first-order chi connectivity index (χ1) is 9.99. The van der Waals surface area contributed by atoms with Crippen molar-refractivity contribution in [3.05, 3.63) is 11.6 Å². The van der Waals surface area contributed by atoms with Crippen LogP contribution in [0, 0.1) is 17.3 Å². The van der Waals surface area contributed by atoms with Crippen molar-refractivity contribution in [1.82, 2.24) is 4.90 Å². The summed E-state index contributed by atoms with van der Waals surface area (Å²) in [5, 5.41) is 0. The molecule has 3 rings (SSSR count). The molecule has 2 fully saturated rings. The van der Waals surface area contributed by atoms with Crippen molar-refractivity contribution >= 4 is 0 Å². The van der Waals surface area contributed by atoms with Gasteiger partial charge in [-0.15, -0.1) is 0 Å². The van der Waals surface area contributed by atoms with E-state index in [1.165, 1.54) is 44.9 Å². The van der Waals surface area contributed by atoms with Crippen LogP contribution in [0.3, 0.4) is 0 Å². The van der Waals surface area contributed by atoms with Crippen LogP contribution in [0.2, 0.25) is 0 Å². The number of hydrogen-bond donors (Lipinski definition) is 0. The van der Waals surface area contributed by atoms with Gasteiger partial charge in [-0.1, -0.05) is 38.3 Å². The Hall–Kier alpha value is -0.340. The molecule has 2 heteroatoms. The van der Waals surface area contributed by atoms with Crippen molar-refractivity contribution in [3.8, 4) is 0 Å². The van der Waals surface area contributed by atoms with Crippen LogP contribution in [-0.2, 0) is 4.74 Å². The number of rotatable bonds is 3. The first kappa shape index (κ1) is 15.6. The fourth-order valence-corrected chi connectivity index (χ4v) is 5.24. The Morgan fingerprint density at radius 2 is 1.81 bits per heavy atom. The lowest BCUT2D eigenvalue weighted by Crippen LogP contribution is -2.53. The molecule has 0 radical (unpaired) electrons. The van der Waals surface area contributed by atoms with E-state index in [0.29, 0.717) is 18.1 Å². The van der Waals surface area contributed by atoms with Gasteiger partial charge in [0, 0.05) is 23.8 Å². The van der Waals surface area contributed by atoms with Gasteiger partial charge in [0.05, 0.1) is 12.2 Å². The maximum Gasteiger partial charge on any atom is 0.0707 e. The van der Waals surface area contributed by atoms with E-state index in [1.54, 1.807) is 5.57 Å². The number of hydrogen-bond acceptors (Lipinski definition) is 2. The van der Waals surface area contributed by atoms with Crippen LogP contribution >= 0.6 is 0 Å². The lowest BCUT2D eigenvalue weighted by atomic mass is 9.64. The highest BCUT2D eigenvalue weighted by atomic mass is 16.5. The number of fused-ring (bicyclic) bond motifs is 3. The quantitative estimate of drug-likeness (QED) is 0.720. The molecule has 0 bridgehead atoms. The monoisotopic (exact) mass is 291 g/mol. The van der Waals surface area contributed by atoms with E-state index in [2.05, 4.69) is 38.9 Å². The van der Waals surface area contributed by atoms with Crippen LogP contribution in [0.15, 0.2) is 11.6 Å². The van der Waals surface area contributed by atoms with E-state index >= 15 is 0 Å². The average Bonchev–Trinajstić information content (AvgIpc) is 2.45. The van der Waals surface area contributed by atoms with Crippen molar-refractivity contribution < 1.29 is 4.74 Å². The zero-order chi connectivity index (χ0) is 15.0. The number of allylic oxidation sites excluding steroid dienone is 1. The van der Waals surface area contributed by atoms with Crippen molar-refractivity contribution in [2.24, 2.45) is 17.3 Å². The second-order valence-electron chi connectivity index (χ2n) is 8.45. The molecule has 2 nitrogen and oxygen atoms in total. The minimum Gasteiger partial charge on any atom is -0.373 e. The number of nitrogens with zero attached hydrogens (tertiary/aromatic N) is 1. The van der Waals surface area contributed by atoms with Gasteiger partial charge in [-0.2, -0.15) is 0 Å². The summed E-state index contributed by atoms with van der Waals surface area (Å²) in [6.07, 6.45) is 12.9. The van der Waals surface area contributed by atoms with E-state index in [1.807, 2.05) is 0 Å². The molecule has 0 aromatic carbocycles. The predicted octanol–water partition coefficient (Wildman–Crippen LogP) is 4.26. The van der Waals surface area contributed by atoms with Crippen molar-refractivity contribution in [2.75, 3.05) is 20.6 Å². The summed E-state index contributed by atoms with van der Waals surface area (Å²) in [5.41, 5.74) is 2.02. The summed E-state index contributed by atoms with van der Waals surface area (Å²) < 4.78 is 6.76. The number of ether oxygens (including phenoxy) is 1. The molecular weight excluding hydrogens is 258 g/mol. The summed E-state index contributed by atoms with van der Waals surface area (Å²) in [4.78, 5) is 2.32. The third-order valence-electron chi connectivity index (χ3n) is 5.84. The zero-order valence-electron chi connectivity index (χ0n) is 14.4. The molecule has 0 aromatic rings. The first-order valence-corrected chi connectivity index (χ1v) is 8.99. The van der Waals surface area contributed by atoms with Crippen LogP contribution in [0.25, 0.3) is 0 Å². The molecular formula is C19H33NO. The molecule has 0 N–H and O–H groups in total. The highest BCUT2D eigenvalue weighted by Crippen LogP contribution is 2.50. The molecule has 1 aliphatic heterocycles. The molecule has 0 aromatic heterocycles. The highest BCUT2D eigenvalue weighted by molar-refractivity contribution is 5.21. The largest absolute Gasteiger partial charge is 0.373 e. The molecule has 0 spiro atoms. The molecule has 2 aliphatic carbocycles. The summed E-state index contributed by atoms with van der Waals surface area (Å²) in [6, 6.07) is 0. The average molecular weight is 291 g/mol. The first-order valence-electron chi connectivity index (χ1n) is 8.99. The Labute approximate surface area is 130 Å². The standard InChI is InChI=1S/C19H33NO/c1-19(2,13-20(3)4)18-16-11-6-5-9-14(16)15-10-7-8-12-17(15)21-18/h9,15-18H,5-8,10-13H2,1-4H3/t15-,16-,17+,18+/m1/s1. The fraction of sp³-hybridized carbons (Fsp3) is 0.895. The third-order valence-corrected chi connectivity index (χ3v) is 5.84. The minimum absolute atomic E-state index is 0.229. The van der Waals surface area contributed by atoms with Crippen LogP contribution in [0.5, 0.6) is 0 Å². The van der Waals surface area contributed by atoms with Crippen LogP contribution in [0.1, 0.15) is 58.8 Å². The van der Waals surface area contributed by atoms with Crippen molar-refractivity contribution in [1.29, 1.82) is 0 Å². The van der Waals surface area contributed by atoms with Gasteiger partial charge in [-0.25, -0.2) is 0 Å². The van der Waals surface area contributed by atoms with E-state index in [-0.39, 0.29) is 5.41 Å². The summed E-state index contributed by atoms with van der Waals surface area (Å²) in [7, 11) is 4.37. The van der Waals surface area contributed by atoms with Gasteiger partial charge in [0.15, 0.2) is 0 Å². The minimum atomic E-state index is 0.229. The molecule has 0 unspecified atom stereocenters. The summed E-state index contributed by atoms with van der Waals surface area (Å²) in [5.74, 6) is 1.43. The zero-order valence-corrected chi connectivity index (χ0v) is 14.4. The molecule has 1 saturated carbocycles. The maximum atomic E-state index is 6.76. The Morgan fingerprint density at radius 3 is 2.57 bits per heavy atom. The lowest BCUT2D eigenvalue weighted by molar-refractivity contribution is -0.151. The van der Waals surface area contributed by atoms with Gasteiger partial charge in [-0.05, 0) is 46.2 Å². The SMILES string of the molecule is CN(C)CC(C)(C)[C@H]1O[C@H]2CCCC[C@@H]2C2=CCCC[C@H]21. The van der Waals surface area contributed by atoms with Crippen LogP contribution in [-0.4, -0.2) is 37.7 Å².